The molecule has 18 heavy (non-hydrogen) atoms. The standard InChI is InChI=1S/C13H16BrFN2O/c14-11-3-2-10(7-12(11)15)17-13(18)4-1-9-5-6-16-8-9/h2-3,7,9,16H,1,4-6,8H2,(H,17,18). The fourth-order valence-electron chi connectivity index (χ4n) is 2.09. The molecule has 1 aliphatic rings. The van der Waals surface area contributed by atoms with Crippen LogP contribution in [0.2, 0.25) is 0 Å². The van der Waals surface area contributed by atoms with Crippen molar-refractivity contribution in [1.29, 1.82) is 0 Å². The number of benzene rings is 1. The molecule has 1 unspecified atom stereocenters. The second-order valence-electron chi connectivity index (χ2n) is 4.57. The summed E-state index contributed by atoms with van der Waals surface area (Å²) >= 11 is 3.08. The quantitative estimate of drug-likeness (QED) is 0.897. The third-order valence-corrected chi connectivity index (χ3v) is 3.79. The molecule has 0 saturated carbocycles. The predicted octanol–water partition coefficient (Wildman–Crippen LogP) is 2.92. The van der Waals surface area contributed by atoms with Gasteiger partial charge in [-0.1, -0.05) is 0 Å². The average molecular weight is 315 g/mol. The Labute approximate surface area is 114 Å². The Morgan fingerprint density at radius 2 is 2.39 bits per heavy atom. The lowest BCUT2D eigenvalue weighted by atomic mass is 10.0. The molecule has 3 nitrogen and oxygen atoms in total. The third kappa shape index (κ3) is 3.78. The molecule has 2 rings (SSSR count). The van der Waals surface area contributed by atoms with Crippen molar-refractivity contribution in [2.24, 2.45) is 5.92 Å². The van der Waals surface area contributed by atoms with Crippen LogP contribution in [0.3, 0.4) is 0 Å². The highest BCUT2D eigenvalue weighted by Gasteiger charge is 2.15. The van der Waals surface area contributed by atoms with Gasteiger partial charge in [0.1, 0.15) is 5.82 Å². The number of carbonyl (C=O) groups is 1. The number of hydrogen-bond acceptors (Lipinski definition) is 2. The molecule has 0 radical (unpaired) electrons. The van der Waals surface area contributed by atoms with Gasteiger partial charge in [-0.25, -0.2) is 4.39 Å². The summed E-state index contributed by atoms with van der Waals surface area (Å²) in [4.78, 5) is 11.7. The van der Waals surface area contributed by atoms with Gasteiger partial charge in [0.15, 0.2) is 0 Å². The van der Waals surface area contributed by atoms with Crippen LogP contribution in [0.25, 0.3) is 0 Å². The number of amides is 1. The highest BCUT2D eigenvalue weighted by atomic mass is 79.9. The maximum Gasteiger partial charge on any atom is 0.224 e. The summed E-state index contributed by atoms with van der Waals surface area (Å²) in [6, 6.07) is 4.59. The van der Waals surface area contributed by atoms with E-state index >= 15 is 0 Å². The molecule has 1 fully saturated rings. The van der Waals surface area contributed by atoms with Crippen molar-refractivity contribution in [2.45, 2.75) is 19.3 Å². The van der Waals surface area contributed by atoms with E-state index in [4.69, 9.17) is 0 Å². The lowest BCUT2D eigenvalue weighted by Gasteiger charge is -2.09. The van der Waals surface area contributed by atoms with Crippen LogP contribution in [0.1, 0.15) is 19.3 Å². The lowest BCUT2D eigenvalue weighted by Crippen LogP contribution is -2.15. The highest BCUT2D eigenvalue weighted by molar-refractivity contribution is 9.10. The maximum atomic E-state index is 13.3. The zero-order valence-electron chi connectivity index (χ0n) is 10.0. The maximum absolute atomic E-state index is 13.3. The molecule has 1 aromatic rings. The van der Waals surface area contributed by atoms with Crippen LogP contribution in [0.5, 0.6) is 0 Å². The van der Waals surface area contributed by atoms with Crippen molar-refractivity contribution >= 4 is 27.5 Å². The molecule has 1 heterocycles. The van der Waals surface area contributed by atoms with Gasteiger partial charge in [-0.3, -0.25) is 4.79 Å². The molecule has 0 aromatic heterocycles. The van der Waals surface area contributed by atoms with Crippen LogP contribution in [0.4, 0.5) is 10.1 Å². The molecule has 1 aromatic carbocycles. The fourth-order valence-corrected chi connectivity index (χ4v) is 2.34. The van der Waals surface area contributed by atoms with Crippen molar-refractivity contribution < 1.29 is 9.18 Å². The number of nitrogens with one attached hydrogen (secondary N) is 2. The first-order valence-electron chi connectivity index (χ1n) is 6.11. The largest absolute Gasteiger partial charge is 0.326 e. The fraction of sp³-hybridized carbons (Fsp3) is 0.462. The number of rotatable bonds is 4. The number of carbonyl (C=O) groups excluding carboxylic acids is 1. The lowest BCUT2D eigenvalue weighted by molar-refractivity contribution is -0.116. The van der Waals surface area contributed by atoms with Gasteiger partial charge in [0.25, 0.3) is 0 Å². The van der Waals surface area contributed by atoms with Crippen LogP contribution in [-0.2, 0) is 4.79 Å². The van der Waals surface area contributed by atoms with Crippen molar-refractivity contribution in [3.8, 4) is 0 Å². The van der Waals surface area contributed by atoms with E-state index in [-0.39, 0.29) is 11.7 Å². The molecule has 1 aliphatic heterocycles. The van der Waals surface area contributed by atoms with Gasteiger partial charge in [-0.05, 0) is 66.0 Å². The number of halogens is 2. The number of anilines is 1. The zero-order chi connectivity index (χ0) is 13.0. The summed E-state index contributed by atoms with van der Waals surface area (Å²) in [5.74, 6) is 0.175. The Morgan fingerprint density at radius 3 is 3.06 bits per heavy atom. The van der Waals surface area contributed by atoms with Crippen LogP contribution in [0.15, 0.2) is 22.7 Å². The van der Waals surface area contributed by atoms with E-state index in [1.54, 1.807) is 12.1 Å². The molecule has 1 saturated heterocycles. The average Bonchev–Trinajstić information content (AvgIpc) is 2.84. The second kappa shape index (κ2) is 6.29. The molecule has 5 heteroatoms. The van der Waals surface area contributed by atoms with Gasteiger partial charge in [0.2, 0.25) is 5.91 Å². The smallest absolute Gasteiger partial charge is 0.224 e. The second-order valence-corrected chi connectivity index (χ2v) is 5.43. The first kappa shape index (κ1) is 13.5. The summed E-state index contributed by atoms with van der Waals surface area (Å²) in [5.41, 5.74) is 0.505. The normalized spacial score (nSPS) is 18.9. The summed E-state index contributed by atoms with van der Waals surface area (Å²) in [6.45, 7) is 2.05. The molecule has 0 aliphatic carbocycles. The minimum atomic E-state index is -0.368. The first-order valence-corrected chi connectivity index (χ1v) is 6.90. The van der Waals surface area contributed by atoms with Crippen LogP contribution >= 0.6 is 15.9 Å². The predicted molar refractivity (Wildman–Crippen MR) is 72.9 cm³/mol. The van der Waals surface area contributed by atoms with E-state index in [0.717, 1.165) is 25.9 Å². The van der Waals surface area contributed by atoms with E-state index in [2.05, 4.69) is 26.6 Å². The van der Waals surface area contributed by atoms with Crippen molar-refractivity contribution in [3.05, 3.63) is 28.5 Å². The van der Waals surface area contributed by atoms with Gasteiger partial charge in [0.05, 0.1) is 4.47 Å². The Bertz CT molecular complexity index is 433. The van der Waals surface area contributed by atoms with Gasteiger partial charge >= 0.3 is 0 Å². The Hall–Kier alpha value is -0.940. The minimum absolute atomic E-state index is 0.0522. The highest BCUT2D eigenvalue weighted by Crippen LogP contribution is 2.20. The first-order chi connectivity index (χ1) is 8.65. The third-order valence-electron chi connectivity index (χ3n) is 3.15. The van der Waals surface area contributed by atoms with E-state index < -0.39 is 0 Å². The Kier molecular flexibility index (Phi) is 4.72. The molecule has 98 valence electrons. The molecule has 1 atom stereocenters. The van der Waals surface area contributed by atoms with E-state index in [1.165, 1.54) is 6.07 Å². The van der Waals surface area contributed by atoms with Gasteiger partial charge in [-0.15, -0.1) is 0 Å². The molecule has 2 N–H and O–H groups in total. The summed E-state index contributed by atoms with van der Waals surface area (Å²) in [6.07, 6.45) is 2.52. The SMILES string of the molecule is O=C(CCC1CCNC1)Nc1ccc(Br)c(F)c1. The van der Waals surface area contributed by atoms with Crippen LogP contribution in [0, 0.1) is 11.7 Å². The van der Waals surface area contributed by atoms with Gasteiger partial charge in [0, 0.05) is 12.1 Å². The summed E-state index contributed by atoms with van der Waals surface area (Å²) < 4.78 is 13.7. The zero-order valence-corrected chi connectivity index (χ0v) is 11.6. The summed E-state index contributed by atoms with van der Waals surface area (Å²) in [5, 5.41) is 5.99. The van der Waals surface area contributed by atoms with Crippen molar-refractivity contribution in [3.63, 3.8) is 0 Å². The van der Waals surface area contributed by atoms with E-state index in [9.17, 15) is 9.18 Å². The molecule has 0 spiro atoms. The van der Waals surface area contributed by atoms with Crippen LogP contribution < -0.4 is 10.6 Å². The molecular weight excluding hydrogens is 299 g/mol. The van der Waals surface area contributed by atoms with E-state index in [0.29, 0.717) is 22.5 Å². The molecular formula is C13H16BrFN2O. The van der Waals surface area contributed by atoms with Crippen LogP contribution in [-0.4, -0.2) is 19.0 Å². The summed E-state index contributed by atoms with van der Waals surface area (Å²) in [7, 11) is 0. The monoisotopic (exact) mass is 314 g/mol. The number of hydrogen-bond donors (Lipinski definition) is 2. The van der Waals surface area contributed by atoms with Crippen molar-refractivity contribution in [2.75, 3.05) is 18.4 Å². The minimum Gasteiger partial charge on any atom is -0.326 e. The van der Waals surface area contributed by atoms with Gasteiger partial charge < -0.3 is 10.6 Å². The van der Waals surface area contributed by atoms with Crippen molar-refractivity contribution in [1.82, 2.24) is 5.32 Å². The Morgan fingerprint density at radius 1 is 1.56 bits per heavy atom. The van der Waals surface area contributed by atoms with E-state index in [1.807, 2.05) is 0 Å². The molecule has 0 bridgehead atoms. The van der Waals surface area contributed by atoms with Gasteiger partial charge in [-0.2, -0.15) is 0 Å². The molecule has 1 amide bonds. The Balaban J connectivity index is 1.80. The topological polar surface area (TPSA) is 41.1 Å².